The molecule has 1 unspecified atom stereocenters. The number of nitrogens with zero attached hydrogens (tertiary/aromatic N) is 2. The molecule has 0 fully saturated rings. The van der Waals surface area contributed by atoms with Crippen molar-refractivity contribution in [3.05, 3.63) is 12.7 Å². The first-order valence-electron chi connectivity index (χ1n) is 8.37. The second-order valence-corrected chi connectivity index (χ2v) is 5.66. The summed E-state index contributed by atoms with van der Waals surface area (Å²) in [6.07, 6.45) is 8.01. The lowest BCUT2D eigenvalue weighted by atomic mass is 10.2. The highest BCUT2D eigenvalue weighted by atomic mass is 127. The average molecular weight is 438 g/mol. The molecule has 0 rings (SSSR count). The van der Waals surface area contributed by atoms with Gasteiger partial charge in [0.2, 0.25) is 5.91 Å². The van der Waals surface area contributed by atoms with Crippen LogP contribution in [0.2, 0.25) is 0 Å². The monoisotopic (exact) mass is 438 g/mol. The zero-order valence-electron chi connectivity index (χ0n) is 15.2. The first kappa shape index (κ1) is 24.5. The Bertz CT molecular complexity index is 347. The number of hydrogen-bond donors (Lipinski definition) is 2. The van der Waals surface area contributed by atoms with E-state index in [1.807, 2.05) is 20.0 Å². The van der Waals surface area contributed by atoms with Crippen LogP contribution in [-0.2, 0) is 4.79 Å². The number of amides is 1. The Morgan fingerprint density at radius 1 is 1.35 bits per heavy atom. The first-order chi connectivity index (χ1) is 10.5. The molecule has 0 aliphatic carbocycles. The van der Waals surface area contributed by atoms with E-state index in [9.17, 15) is 4.79 Å². The highest BCUT2D eigenvalue weighted by Crippen LogP contribution is 2.01. The molecule has 0 aromatic rings. The van der Waals surface area contributed by atoms with Crippen LogP contribution in [0, 0.1) is 0 Å². The normalized spacial score (nSPS) is 12.1. The Hall–Kier alpha value is -0.790. The fraction of sp³-hybridized carbons (Fsp3) is 0.765. The minimum atomic E-state index is 0. The van der Waals surface area contributed by atoms with Crippen molar-refractivity contribution in [3.63, 3.8) is 0 Å². The van der Waals surface area contributed by atoms with Gasteiger partial charge < -0.3 is 15.5 Å². The van der Waals surface area contributed by atoms with E-state index in [1.165, 1.54) is 12.8 Å². The molecule has 2 N–H and O–H groups in total. The summed E-state index contributed by atoms with van der Waals surface area (Å²) in [5, 5.41) is 6.21. The van der Waals surface area contributed by atoms with Gasteiger partial charge in [-0.05, 0) is 32.6 Å². The predicted octanol–water partition coefficient (Wildman–Crippen LogP) is 3.16. The first-order valence-corrected chi connectivity index (χ1v) is 8.37. The second kappa shape index (κ2) is 16.1. The number of unbranched alkanes of at least 4 members (excludes halogenated alkanes) is 3. The largest absolute Gasteiger partial charge is 0.356 e. The number of halogens is 1. The van der Waals surface area contributed by atoms with Crippen molar-refractivity contribution in [3.8, 4) is 0 Å². The van der Waals surface area contributed by atoms with E-state index in [-0.39, 0.29) is 35.9 Å². The van der Waals surface area contributed by atoms with Gasteiger partial charge in [0, 0.05) is 39.6 Å². The third-order valence-corrected chi connectivity index (χ3v) is 3.63. The van der Waals surface area contributed by atoms with Gasteiger partial charge in [-0.1, -0.05) is 19.4 Å². The molecule has 0 radical (unpaired) electrons. The van der Waals surface area contributed by atoms with Gasteiger partial charge in [0.1, 0.15) is 0 Å². The quantitative estimate of drug-likeness (QED) is 0.171. The third-order valence-electron chi connectivity index (χ3n) is 3.63. The summed E-state index contributed by atoms with van der Waals surface area (Å²) in [6.45, 7) is 9.39. The van der Waals surface area contributed by atoms with Crippen molar-refractivity contribution in [1.82, 2.24) is 15.5 Å². The maximum atomic E-state index is 11.7. The van der Waals surface area contributed by atoms with E-state index in [0.29, 0.717) is 13.0 Å². The second-order valence-electron chi connectivity index (χ2n) is 5.66. The lowest BCUT2D eigenvalue weighted by molar-refractivity contribution is -0.121. The molecule has 0 aromatic heterocycles. The number of rotatable bonds is 11. The van der Waals surface area contributed by atoms with Crippen LogP contribution >= 0.6 is 24.0 Å². The van der Waals surface area contributed by atoms with Gasteiger partial charge in [-0.15, -0.1) is 30.6 Å². The highest BCUT2D eigenvalue weighted by molar-refractivity contribution is 14.0. The maximum Gasteiger partial charge on any atom is 0.221 e. The summed E-state index contributed by atoms with van der Waals surface area (Å²) in [7, 11) is 3.80. The van der Waals surface area contributed by atoms with E-state index in [1.54, 1.807) is 7.05 Å². The summed E-state index contributed by atoms with van der Waals surface area (Å²) in [5.41, 5.74) is 0. The van der Waals surface area contributed by atoms with Crippen molar-refractivity contribution < 1.29 is 4.79 Å². The standard InChI is InChI=1S/C17H34N4O.HI/c1-6-8-9-10-11-14-21(5)17(18-4)19-13-12-16(22)20-15(3)7-2;/h6,15H,1,7-14H2,2-5H3,(H,18,19)(H,20,22);1H. The van der Waals surface area contributed by atoms with E-state index >= 15 is 0 Å². The topological polar surface area (TPSA) is 56.7 Å². The molecule has 0 saturated heterocycles. The summed E-state index contributed by atoms with van der Waals surface area (Å²) < 4.78 is 0. The van der Waals surface area contributed by atoms with Crippen LogP contribution in [0.15, 0.2) is 17.6 Å². The number of allylic oxidation sites excluding steroid dienone is 1. The van der Waals surface area contributed by atoms with E-state index < -0.39 is 0 Å². The van der Waals surface area contributed by atoms with Gasteiger partial charge in [0.05, 0.1) is 0 Å². The van der Waals surface area contributed by atoms with Gasteiger partial charge in [-0.25, -0.2) is 0 Å². The van der Waals surface area contributed by atoms with Crippen molar-refractivity contribution in [1.29, 1.82) is 0 Å². The molecule has 0 spiro atoms. The summed E-state index contributed by atoms with van der Waals surface area (Å²) >= 11 is 0. The molecular weight excluding hydrogens is 403 g/mol. The number of aliphatic imine (C=N–C) groups is 1. The Labute approximate surface area is 159 Å². The molecule has 6 heteroatoms. The average Bonchev–Trinajstić information content (AvgIpc) is 2.50. The summed E-state index contributed by atoms with van der Waals surface area (Å²) in [4.78, 5) is 18.1. The van der Waals surface area contributed by atoms with Crippen LogP contribution in [0.4, 0.5) is 0 Å². The Balaban J connectivity index is 0. The number of nitrogens with one attached hydrogen (secondary N) is 2. The van der Waals surface area contributed by atoms with Crippen LogP contribution in [-0.4, -0.2) is 50.0 Å². The Kier molecular flexibility index (Phi) is 17.1. The fourth-order valence-corrected chi connectivity index (χ4v) is 2.04. The van der Waals surface area contributed by atoms with E-state index in [0.717, 1.165) is 31.8 Å². The van der Waals surface area contributed by atoms with Gasteiger partial charge in [-0.3, -0.25) is 9.79 Å². The van der Waals surface area contributed by atoms with Gasteiger partial charge >= 0.3 is 0 Å². The molecule has 1 atom stereocenters. The van der Waals surface area contributed by atoms with Crippen LogP contribution in [0.3, 0.4) is 0 Å². The molecule has 1 amide bonds. The SMILES string of the molecule is C=CCCCCCN(C)C(=NC)NCCC(=O)NC(C)CC.I. The number of carbonyl (C=O) groups excluding carboxylic acids is 1. The molecule has 0 saturated carbocycles. The molecule has 0 aromatic carbocycles. The van der Waals surface area contributed by atoms with Crippen LogP contribution in [0.25, 0.3) is 0 Å². The molecule has 0 bridgehead atoms. The maximum absolute atomic E-state index is 11.7. The summed E-state index contributed by atoms with van der Waals surface area (Å²) in [5.74, 6) is 0.935. The fourth-order valence-electron chi connectivity index (χ4n) is 2.04. The minimum Gasteiger partial charge on any atom is -0.356 e. The van der Waals surface area contributed by atoms with Gasteiger partial charge in [0.15, 0.2) is 5.96 Å². The number of hydrogen-bond acceptors (Lipinski definition) is 2. The van der Waals surface area contributed by atoms with E-state index in [2.05, 4.69) is 34.0 Å². The van der Waals surface area contributed by atoms with Crippen molar-refractivity contribution in [2.24, 2.45) is 4.99 Å². The Morgan fingerprint density at radius 3 is 2.61 bits per heavy atom. The zero-order chi connectivity index (χ0) is 16.8. The lowest BCUT2D eigenvalue weighted by Crippen LogP contribution is -2.41. The molecule has 136 valence electrons. The number of guanidine groups is 1. The lowest BCUT2D eigenvalue weighted by Gasteiger charge is -2.22. The minimum absolute atomic E-state index is 0. The molecule has 0 aliphatic heterocycles. The molecule has 0 heterocycles. The van der Waals surface area contributed by atoms with Gasteiger partial charge in [-0.2, -0.15) is 0 Å². The zero-order valence-corrected chi connectivity index (χ0v) is 17.6. The van der Waals surface area contributed by atoms with Crippen molar-refractivity contribution in [2.75, 3.05) is 27.2 Å². The Morgan fingerprint density at radius 2 is 2.04 bits per heavy atom. The van der Waals surface area contributed by atoms with Crippen LogP contribution in [0.5, 0.6) is 0 Å². The predicted molar refractivity (Wildman–Crippen MR) is 111 cm³/mol. The molecule has 5 nitrogen and oxygen atoms in total. The van der Waals surface area contributed by atoms with Crippen molar-refractivity contribution in [2.45, 2.75) is 58.4 Å². The van der Waals surface area contributed by atoms with Gasteiger partial charge in [0.25, 0.3) is 0 Å². The molecular formula is C17H35IN4O. The summed E-state index contributed by atoms with van der Waals surface area (Å²) in [6, 6.07) is 0.241. The van der Waals surface area contributed by atoms with Crippen LogP contribution in [0.1, 0.15) is 52.4 Å². The molecule has 23 heavy (non-hydrogen) atoms. The highest BCUT2D eigenvalue weighted by Gasteiger charge is 2.08. The smallest absolute Gasteiger partial charge is 0.221 e. The van der Waals surface area contributed by atoms with Crippen molar-refractivity contribution >= 4 is 35.8 Å². The number of carbonyl (C=O) groups is 1. The van der Waals surface area contributed by atoms with Crippen LogP contribution < -0.4 is 10.6 Å². The molecule has 0 aliphatic rings. The van der Waals surface area contributed by atoms with E-state index in [4.69, 9.17) is 0 Å². The third kappa shape index (κ3) is 13.4.